The van der Waals surface area contributed by atoms with Gasteiger partial charge in [0.2, 0.25) is 0 Å². The summed E-state index contributed by atoms with van der Waals surface area (Å²) in [5, 5.41) is 4.41. The molecule has 5 nitrogen and oxygen atoms in total. The molecule has 2 heterocycles. The second kappa shape index (κ2) is 5.50. The van der Waals surface area contributed by atoms with E-state index >= 15 is 0 Å². The number of hydrogen-bond acceptors (Lipinski definition) is 4. The number of hydrogen-bond donors (Lipinski definition) is 2. The number of nitrogens with two attached hydrogens (primary N) is 1. The zero-order valence-electron chi connectivity index (χ0n) is 12.5. The Morgan fingerprint density at radius 2 is 2.14 bits per heavy atom. The van der Waals surface area contributed by atoms with Crippen molar-refractivity contribution in [3.8, 4) is 0 Å². The van der Waals surface area contributed by atoms with Crippen LogP contribution in [0.15, 0.2) is 18.3 Å². The van der Waals surface area contributed by atoms with Crippen LogP contribution in [0.2, 0.25) is 0 Å². The summed E-state index contributed by atoms with van der Waals surface area (Å²) < 4.78 is 6.98. The zero-order chi connectivity index (χ0) is 15.0. The first-order valence-electron chi connectivity index (χ1n) is 7.34. The van der Waals surface area contributed by atoms with Crippen molar-refractivity contribution in [2.75, 3.05) is 7.11 Å². The summed E-state index contributed by atoms with van der Waals surface area (Å²) in [5.41, 5.74) is 10.7. The monoisotopic (exact) mass is 287 g/mol. The molecule has 1 aliphatic heterocycles. The molecule has 0 radical (unpaired) electrons. The summed E-state index contributed by atoms with van der Waals surface area (Å²) in [6.07, 6.45) is 3.03. The van der Waals surface area contributed by atoms with E-state index in [1.165, 1.54) is 18.2 Å². The summed E-state index contributed by atoms with van der Waals surface area (Å²) in [5.74, 6) is -0.399. The Hall–Kier alpha value is -1.85. The highest BCUT2D eigenvalue weighted by molar-refractivity contribution is 5.91. The fourth-order valence-electron chi connectivity index (χ4n) is 3.04. The van der Waals surface area contributed by atoms with Gasteiger partial charge in [-0.05, 0) is 29.7 Å². The van der Waals surface area contributed by atoms with Crippen molar-refractivity contribution in [2.24, 2.45) is 5.73 Å². The Labute approximate surface area is 124 Å². The van der Waals surface area contributed by atoms with E-state index in [0.29, 0.717) is 0 Å². The lowest BCUT2D eigenvalue weighted by atomic mass is 10.0. The number of ether oxygens (including phenoxy) is 1. The van der Waals surface area contributed by atoms with E-state index in [4.69, 9.17) is 10.5 Å². The number of aryl methyl sites for hydroxylation is 1. The van der Waals surface area contributed by atoms with Crippen LogP contribution in [0.25, 0.3) is 10.9 Å². The quantitative estimate of drug-likeness (QED) is 0.842. The van der Waals surface area contributed by atoms with Crippen LogP contribution in [0.1, 0.15) is 36.1 Å². The highest BCUT2D eigenvalue weighted by atomic mass is 16.5. The van der Waals surface area contributed by atoms with Crippen LogP contribution in [0.5, 0.6) is 0 Å². The number of carbonyl (C=O) groups is 1. The fraction of sp³-hybridized carbons (Fsp3) is 0.438. The third-order valence-corrected chi connectivity index (χ3v) is 4.12. The molecule has 1 aromatic heterocycles. The molecule has 21 heavy (non-hydrogen) atoms. The van der Waals surface area contributed by atoms with Gasteiger partial charge < -0.3 is 20.4 Å². The molecule has 0 bridgehead atoms. The van der Waals surface area contributed by atoms with Crippen molar-refractivity contribution in [2.45, 2.75) is 39.0 Å². The number of esters is 1. The molecular formula is C16H21N3O2. The molecular weight excluding hydrogens is 266 g/mol. The summed E-state index contributed by atoms with van der Waals surface area (Å²) in [4.78, 5) is 11.8. The molecule has 3 rings (SSSR count). The second-order valence-electron chi connectivity index (χ2n) is 5.52. The molecule has 0 aliphatic carbocycles. The lowest BCUT2D eigenvalue weighted by molar-refractivity contribution is -0.142. The van der Waals surface area contributed by atoms with Crippen molar-refractivity contribution in [3.63, 3.8) is 0 Å². The number of benzene rings is 1. The maximum atomic E-state index is 11.8. The van der Waals surface area contributed by atoms with Gasteiger partial charge in [-0.25, -0.2) is 0 Å². The minimum absolute atomic E-state index is 0.399. The van der Waals surface area contributed by atoms with Crippen LogP contribution in [0.3, 0.4) is 0 Å². The maximum absolute atomic E-state index is 11.8. The highest BCUT2D eigenvalue weighted by Crippen LogP contribution is 2.31. The Kier molecular flexibility index (Phi) is 3.69. The maximum Gasteiger partial charge on any atom is 0.327 e. The predicted molar refractivity (Wildman–Crippen MR) is 81.7 cm³/mol. The number of methoxy groups -OCH3 is 1. The Balaban J connectivity index is 2.17. The van der Waals surface area contributed by atoms with E-state index in [1.807, 2.05) is 6.20 Å². The van der Waals surface area contributed by atoms with Crippen LogP contribution in [-0.2, 0) is 29.2 Å². The van der Waals surface area contributed by atoms with Crippen LogP contribution in [0.4, 0.5) is 0 Å². The minimum atomic E-state index is -0.733. The molecule has 0 fully saturated rings. The van der Waals surface area contributed by atoms with Crippen molar-refractivity contribution < 1.29 is 9.53 Å². The number of fused-ring (bicyclic) bond motifs is 2. The summed E-state index contributed by atoms with van der Waals surface area (Å²) in [7, 11) is 1.37. The van der Waals surface area contributed by atoms with Gasteiger partial charge in [0.25, 0.3) is 0 Å². The van der Waals surface area contributed by atoms with E-state index in [0.717, 1.165) is 42.5 Å². The first-order valence-corrected chi connectivity index (χ1v) is 7.34. The summed E-state index contributed by atoms with van der Waals surface area (Å²) in [6, 6.07) is 3.64. The average Bonchev–Trinajstić information content (AvgIpc) is 3.08. The SMILES string of the molecule is CCCn1cc(C(N)C(=O)OC)c2cc3c(cc21)CNC3. The molecule has 1 aromatic carbocycles. The van der Waals surface area contributed by atoms with E-state index in [1.54, 1.807) is 0 Å². The summed E-state index contributed by atoms with van der Waals surface area (Å²) >= 11 is 0. The summed E-state index contributed by atoms with van der Waals surface area (Å²) in [6.45, 7) is 4.83. The Morgan fingerprint density at radius 3 is 2.81 bits per heavy atom. The number of aromatic nitrogens is 1. The van der Waals surface area contributed by atoms with Crippen LogP contribution < -0.4 is 11.1 Å². The lowest BCUT2D eigenvalue weighted by Crippen LogP contribution is -2.22. The number of rotatable bonds is 4. The Morgan fingerprint density at radius 1 is 1.43 bits per heavy atom. The van der Waals surface area contributed by atoms with E-state index < -0.39 is 12.0 Å². The number of nitrogens with zero attached hydrogens (tertiary/aromatic N) is 1. The molecule has 1 unspecified atom stereocenters. The van der Waals surface area contributed by atoms with Gasteiger partial charge in [-0.2, -0.15) is 0 Å². The fourth-order valence-corrected chi connectivity index (χ4v) is 3.04. The highest BCUT2D eigenvalue weighted by Gasteiger charge is 2.23. The van der Waals surface area contributed by atoms with Crippen LogP contribution in [-0.4, -0.2) is 17.6 Å². The van der Waals surface area contributed by atoms with Gasteiger partial charge in [0.1, 0.15) is 6.04 Å². The van der Waals surface area contributed by atoms with E-state index in [2.05, 4.69) is 28.9 Å². The first kappa shape index (κ1) is 14.1. The van der Waals surface area contributed by atoms with E-state index in [9.17, 15) is 4.79 Å². The third kappa shape index (κ3) is 2.32. The van der Waals surface area contributed by atoms with Crippen molar-refractivity contribution in [3.05, 3.63) is 35.0 Å². The van der Waals surface area contributed by atoms with E-state index in [-0.39, 0.29) is 0 Å². The van der Waals surface area contributed by atoms with Crippen molar-refractivity contribution in [1.29, 1.82) is 0 Å². The van der Waals surface area contributed by atoms with Gasteiger partial charge in [-0.15, -0.1) is 0 Å². The van der Waals surface area contributed by atoms with Gasteiger partial charge in [-0.3, -0.25) is 4.79 Å². The van der Waals surface area contributed by atoms with Crippen molar-refractivity contribution in [1.82, 2.24) is 9.88 Å². The van der Waals surface area contributed by atoms with Gasteiger partial charge >= 0.3 is 5.97 Å². The lowest BCUT2D eigenvalue weighted by Gasteiger charge is -2.08. The molecule has 0 amide bonds. The van der Waals surface area contributed by atoms with Crippen LogP contribution >= 0.6 is 0 Å². The number of nitrogens with one attached hydrogen (secondary N) is 1. The van der Waals surface area contributed by atoms with Gasteiger partial charge in [-0.1, -0.05) is 6.92 Å². The molecule has 3 N–H and O–H groups in total. The smallest absolute Gasteiger partial charge is 0.327 e. The molecule has 1 atom stereocenters. The van der Waals surface area contributed by atoms with Gasteiger partial charge in [0.05, 0.1) is 7.11 Å². The first-order chi connectivity index (χ1) is 10.2. The Bertz CT molecular complexity index is 690. The van der Waals surface area contributed by atoms with Gasteiger partial charge in [0.15, 0.2) is 0 Å². The molecule has 2 aromatic rings. The average molecular weight is 287 g/mol. The second-order valence-corrected chi connectivity index (χ2v) is 5.52. The molecule has 0 saturated carbocycles. The topological polar surface area (TPSA) is 69.3 Å². The molecule has 1 aliphatic rings. The number of carbonyl (C=O) groups excluding carboxylic acids is 1. The van der Waals surface area contributed by atoms with Crippen molar-refractivity contribution >= 4 is 16.9 Å². The molecule has 0 spiro atoms. The standard InChI is InChI=1S/C16H21N3O2/c1-3-4-19-9-13(15(17)16(20)21-2)12-5-10-7-18-8-11(10)6-14(12)19/h5-6,9,15,18H,3-4,7-8,17H2,1-2H3. The molecule has 0 saturated heterocycles. The van der Waals surface area contributed by atoms with Gasteiger partial charge in [0, 0.05) is 42.3 Å². The van der Waals surface area contributed by atoms with Crippen LogP contribution in [0, 0.1) is 0 Å². The third-order valence-electron chi connectivity index (χ3n) is 4.12. The molecule has 5 heteroatoms. The zero-order valence-corrected chi connectivity index (χ0v) is 12.5. The predicted octanol–water partition coefficient (Wildman–Crippen LogP) is 1.83. The minimum Gasteiger partial charge on any atom is -0.468 e. The molecule has 112 valence electrons. The largest absolute Gasteiger partial charge is 0.468 e. The normalized spacial score (nSPS) is 15.2.